The first-order valence-electron chi connectivity index (χ1n) is 7.82. The summed E-state index contributed by atoms with van der Waals surface area (Å²) >= 11 is 6.01. The number of halogens is 1. The maximum absolute atomic E-state index is 6.01. The van der Waals surface area contributed by atoms with E-state index in [2.05, 4.69) is 19.8 Å². The predicted molar refractivity (Wildman–Crippen MR) is 84.2 cm³/mol. The number of likely N-dealkylation sites (tertiary alicyclic amines) is 2. The van der Waals surface area contributed by atoms with Gasteiger partial charge in [-0.1, -0.05) is 11.6 Å². The van der Waals surface area contributed by atoms with E-state index in [-0.39, 0.29) is 0 Å². The lowest BCUT2D eigenvalue weighted by molar-refractivity contribution is 0.151. The maximum Gasteiger partial charge on any atom is 0.144 e. The zero-order chi connectivity index (χ0) is 14.8. The van der Waals surface area contributed by atoms with E-state index in [0.29, 0.717) is 17.2 Å². The molecular formula is C15H24ClN5. The van der Waals surface area contributed by atoms with Crippen LogP contribution < -0.4 is 5.73 Å². The molecule has 2 aliphatic rings. The molecule has 3 heterocycles. The lowest BCUT2D eigenvalue weighted by Crippen LogP contribution is -2.46. The van der Waals surface area contributed by atoms with Crippen LogP contribution in [0.1, 0.15) is 30.8 Å². The van der Waals surface area contributed by atoms with Gasteiger partial charge in [0.05, 0.1) is 6.54 Å². The zero-order valence-corrected chi connectivity index (χ0v) is 13.4. The fourth-order valence-corrected chi connectivity index (χ4v) is 3.65. The van der Waals surface area contributed by atoms with Crippen molar-refractivity contribution >= 4 is 11.6 Å². The van der Waals surface area contributed by atoms with Crippen molar-refractivity contribution in [3.8, 4) is 0 Å². The van der Waals surface area contributed by atoms with E-state index >= 15 is 0 Å². The molecule has 1 aromatic rings. The highest BCUT2D eigenvalue weighted by Gasteiger charge is 2.30. The van der Waals surface area contributed by atoms with Crippen LogP contribution in [0.4, 0.5) is 0 Å². The third kappa shape index (κ3) is 3.92. The second-order valence-electron chi connectivity index (χ2n) is 6.30. The molecule has 116 valence electrons. The van der Waals surface area contributed by atoms with E-state index in [9.17, 15) is 0 Å². The van der Waals surface area contributed by atoms with E-state index in [1.807, 2.05) is 6.92 Å². The minimum absolute atomic E-state index is 0.404. The number of hydrogen-bond donors (Lipinski definition) is 1. The topological polar surface area (TPSA) is 58.3 Å². The highest BCUT2D eigenvalue weighted by Crippen LogP contribution is 2.21. The van der Waals surface area contributed by atoms with Crippen molar-refractivity contribution in [2.45, 2.75) is 44.8 Å². The molecule has 0 radical (unpaired) electrons. The third-order valence-corrected chi connectivity index (χ3v) is 4.77. The highest BCUT2D eigenvalue weighted by molar-refractivity contribution is 6.29. The van der Waals surface area contributed by atoms with E-state index in [4.69, 9.17) is 17.3 Å². The van der Waals surface area contributed by atoms with E-state index < -0.39 is 0 Å². The van der Waals surface area contributed by atoms with Gasteiger partial charge < -0.3 is 5.73 Å². The number of rotatable bonds is 3. The first-order valence-corrected chi connectivity index (χ1v) is 8.20. The summed E-state index contributed by atoms with van der Waals surface area (Å²) in [4.78, 5) is 13.8. The average molecular weight is 310 g/mol. The van der Waals surface area contributed by atoms with E-state index in [1.54, 1.807) is 6.07 Å². The van der Waals surface area contributed by atoms with Crippen molar-refractivity contribution in [3.63, 3.8) is 0 Å². The van der Waals surface area contributed by atoms with Crippen molar-refractivity contribution in [1.29, 1.82) is 0 Å². The van der Waals surface area contributed by atoms with Crippen LogP contribution in [0.2, 0.25) is 5.15 Å². The number of hydrogen-bond acceptors (Lipinski definition) is 5. The van der Waals surface area contributed by atoms with Crippen molar-refractivity contribution in [2.75, 3.05) is 26.2 Å². The molecule has 21 heavy (non-hydrogen) atoms. The van der Waals surface area contributed by atoms with Crippen molar-refractivity contribution < 1.29 is 0 Å². The quantitative estimate of drug-likeness (QED) is 0.856. The summed E-state index contributed by atoms with van der Waals surface area (Å²) < 4.78 is 0. The largest absolute Gasteiger partial charge is 0.328 e. The monoisotopic (exact) mass is 309 g/mol. The number of aromatic nitrogens is 2. The summed E-state index contributed by atoms with van der Waals surface area (Å²) in [5.74, 6) is 0.835. The van der Waals surface area contributed by atoms with Crippen LogP contribution in [0, 0.1) is 6.92 Å². The molecule has 1 aromatic heterocycles. The fourth-order valence-electron chi connectivity index (χ4n) is 3.40. The Morgan fingerprint density at radius 2 is 2.00 bits per heavy atom. The smallest absolute Gasteiger partial charge is 0.144 e. The van der Waals surface area contributed by atoms with Crippen molar-refractivity contribution in [3.05, 3.63) is 22.7 Å². The predicted octanol–water partition coefficient (Wildman–Crippen LogP) is 1.44. The van der Waals surface area contributed by atoms with Gasteiger partial charge in [0, 0.05) is 30.9 Å². The SMILES string of the molecule is Cc1cc(Cl)nc(CN2CCC(N3CCC(N)CC3)C2)n1. The number of nitrogens with zero attached hydrogens (tertiary/aromatic N) is 4. The van der Waals surface area contributed by atoms with Gasteiger partial charge >= 0.3 is 0 Å². The Bertz CT molecular complexity index is 467. The molecule has 0 aromatic carbocycles. The molecule has 2 saturated heterocycles. The molecule has 0 aliphatic carbocycles. The molecule has 0 amide bonds. The van der Waals surface area contributed by atoms with Gasteiger partial charge in [-0.25, -0.2) is 9.97 Å². The third-order valence-electron chi connectivity index (χ3n) is 4.57. The summed E-state index contributed by atoms with van der Waals surface area (Å²) in [5, 5.41) is 0.540. The number of aryl methyl sites for hydroxylation is 1. The Labute approximate surface area is 131 Å². The molecule has 6 heteroatoms. The highest BCUT2D eigenvalue weighted by atomic mass is 35.5. The summed E-state index contributed by atoms with van der Waals surface area (Å²) in [6, 6.07) is 2.87. The molecule has 5 nitrogen and oxygen atoms in total. The normalized spacial score (nSPS) is 25.6. The van der Waals surface area contributed by atoms with E-state index in [0.717, 1.165) is 57.1 Å². The first-order chi connectivity index (χ1) is 10.1. The van der Waals surface area contributed by atoms with E-state index in [1.165, 1.54) is 6.42 Å². The van der Waals surface area contributed by atoms with Gasteiger partial charge in [-0.15, -0.1) is 0 Å². The molecule has 0 saturated carbocycles. The Morgan fingerprint density at radius 1 is 1.24 bits per heavy atom. The molecule has 2 aliphatic heterocycles. The van der Waals surface area contributed by atoms with Crippen molar-refractivity contribution in [2.24, 2.45) is 5.73 Å². The zero-order valence-electron chi connectivity index (χ0n) is 12.6. The van der Waals surface area contributed by atoms with Crippen LogP contribution in [-0.4, -0.2) is 58.0 Å². The van der Waals surface area contributed by atoms with Gasteiger partial charge in [-0.3, -0.25) is 9.80 Å². The van der Waals surface area contributed by atoms with Crippen LogP contribution in [0.5, 0.6) is 0 Å². The van der Waals surface area contributed by atoms with Gasteiger partial charge in [0.25, 0.3) is 0 Å². The Hall–Kier alpha value is -0.750. The van der Waals surface area contributed by atoms with Gasteiger partial charge in [-0.05, 0) is 45.3 Å². The first kappa shape index (κ1) is 15.2. The molecule has 2 fully saturated rings. The molecule has 3 rings (SSSR count). The Balaban J connectivity index is 1.54. The Kier molecular flexibility index (Phi) is 4.74. The lowest BCUT2D eigenvalue weighted by atomic mass is 10.0. The lowest BCUT2D eigenvalue weighted by Gasteiger charge is -2.34. The maximum atomic E-state index is 6.01. The molecule has 0 bridgehead atoms. The second kappa shape index (κ2) is 6.57. The van der Waals surface area contributed by atoms with Gasteiger partial charge in [0.15, 0.2) is 0 Å². The van der Waals surface area contributed by atoms with Crippen LogP contribution in [0.3, 0.4) is 0 Å². The minimum Gasteiger partial charge on any atom is -0.328 e. The summed E-state index contributed by atoms with van der Waals surface area (Å²) in [6.45, 7) is 7.26. The van der Waals surface area contributed by atoms with Crippen LogP contribution in [0.25, 0.3) is 0 Å². The summed E-state index contributed by atoms with van der Waals surface area (Å²) in [6.07, 6.45) is 3.50. The summed E-state index contributed by atoms with van der Waals surface area (Å²) in [7, 11) is 0. The van der Waals surface area contributed by atoms with Gasteiger partial charge in [-0.2, -0.15) is 0 Å². The Morgan fingerprint density at radius 3 is 2.71 bits per heavy atom. The summed E-state index contributed by atoms with van der Waals surface area (Å²) in [5.41, 5.74) is 6.92. The molecule has 2 N–H and O–H groups in total. The van der Waals surface area contributed by atoms with Crippen molar-refractivity contribution in [1.82, 2.24) is 19.8 Å². The van der Waals surface area contributed by atoms with Gasteiger partial charge in [0.1, 0.15) is 11.0 Å². The molecule has 1 atom stereocenters. The molecule has 0 spiro atoms. The molecular weight excluding hydrogens is 286 g/mol. The average Bonchev–Trinajstić information content (AvgIpc) is 2.87. The van der Waals surface area contributed by atoms with Crippen LogP contribution in [0.15, 0.2) is 6.07 Å². The van der Waals surface area contributed by atoms with Crippen LogP contribution >= 0.6 is 11.6 Å². The number of nitrogens with two attached hydrogens (primary N) is 1. The van der Waals surface area contributed by atoms with Crippen LogP contribution in [-0.2, 0) is 6.54 Å². The minimum atomic E-state index is 0.404. The number of piperidine rings is 1. The van der Waals surface area contributed by atoms with Gasteiger partial charge in [0.2, 0.25) is 0 Å². The fraction of sp³-hybridized carbons (Fsp3) is 0.733. The second-order valence-corrected chi connectivity index (χ2v) is 6.69. The standard InChI is InChI=1S/C15H24ClN5/c1-11-8-14(16)19-15(18-11)10-20-5-4-13(9-20)21-6-2-12(17)3-7-21/h8,12-13H,2-7,9-10,17H2,1H3. The molecule has 1 unspecified atom stereocenters.